The van der Waals surface area contributed by atoms with E-state index in [9.17, 15) is 8.42 Å². The molecule has 1 N–H and O–H groups in total. The van der Waals surface area contributed by atoms with Crippen molar-refractivity contribution < 1.29 is 13.2 Å². The topological polar surface area (TPSA) is 81.2 Å². The Morgan fingerprint density at radius 1 is 1.20 bits per heavy atom. The third-order valence-corrected chi connectivity index (χ3v) is 4.12. The highest BCUT2D eigenvalue weighted by atomic mass is 35.5. The van der Waals surface area contributed by atoms with Crippen LogP contribution in [0.1, 0.15) is 0 Å². The molecule has 0 atom stereocenters. The second-order valence-corrected chi connectivity index (χ2v) is 6.10. The van der Waals surface area contributed by atoms with Gasteiger partial charge in [-0.2, -0.15) is 0 Å². The minimum atomic E-state index is -3.87. The zero-order valence-electron chi connectivity index (χ0n) is 10.2. The first-order valence-corrected chi connectivity index (χ1v) is 7.50. The molecule has 0 saturated carbocycles. The van der Waals surface area contributed by atoms with Crippen molar-refractivity contribution in [2.75, 3.05) is 11.8 Å². The van der Waals surface area contributed by atoms with E-state index in [1.54, 1.807) is 0 Å². The van der Waals surface area contributed by atoms with E-state index < -0.39 is 10.0 Å². The molecule has 0 aliphatic heterocycles. The highest BCUT2D eigenvalue weighted by Crippen LogP contribution is 2.28. The molecule has 2 aromatic rings. The van der Waals surface area contributed by atoms with E-state index in [2.05, 4.69) is 14.7 Å². The summed E-state index contributed by atoms with van der Waals surface area (Å²) in [6.45, 7) is 0. The van der Waals surface area contributed by atoms with Crippen molar-refractivity contribution in [1.82, 2.24) is 9.97 Å². The molecule has 0 spiro atoms. The summed E-state index contributed by atoms with van der Waals surface area (Å²) in [7, 11) is -2.52. The molecule has 1 aromatic carbocycles. The van der Waals surface area contributed by atoms with Gasteiger partial charge in [-0.05, 0) is 12.1 Å². The van der Waals surface area contributed by atoms with Crippen LogP contribution in [0.15, 0.2) is 35.5 Å². The molecular weight excluding hydrogens is 325 g/mol. The van der Waals surface area contributed by atoms with Crippen LogP contribution in [-0.2, 0) is 10.0 Å². The van der Waals surface area contributed by atoms with E-state index in [-0.39, 0.29) is 21.6 Å². The Hall–Kier alpha value is -1.57. The first-order chi connectivity index (χ1) is 9.42. The highest BCUT2D eigenvalue weighted by Gasteiger charge is 2.20. The lowest BCUT2D eigenvalue weighted by Crippen LogP contribution is -2.15. The molecule has 0 unspecified atom stereocenters. The average molecular weight is 334 g/mol. The van der Waals surface area contributed by atoms with Crippen LogP contribution in [0.4, 0.5) is 5.82 Å². The molecule has 0 aliphatic carbocycles. The number of ether oxygens (including phenoxy) is 1. The molecule has 0 saturated heterocycles. The summed E-state index contributed by atoms with van der Waals surface area (Å²) in [5, 5.41) is 0.492. The Bertz CT molecular complexity index is 737. The minimum Gasteiger partial charge on any atom is -0.495 e. The van der Waals surface area contributed by atoms with Crippen LogP contribution in [0.5, 0.6) is 5.75 Å². The standard InChI is InChI=1S/C11H9Cl2N3O3S/c1-19-8-4-7(12)2-3-9(8)20(17,18)16-11-5-10(13)14-6-15-11/h2-6H,1H3,(H,14,15,16). The Morgan fingerprint density at radius 3 is 2.60 bits per heavy atom. The summed E-state index contributed by atoms with van der Waals surface area (Å²) in [5.74, 6) is 0.187. The summed E-state index contributed by atoms with van der Waals surface area (Å²) in [6, 6.07) is 5.49. The Balaban J connectivity index is 2.40. The van der Waals surface area contributed by atoms with Gasteiger partial charge in [0, 0.05) is 17.2 Å². The number of benzene rings is 1. The maximum Gasteiger partial charge on any atom is 0.266 e. The number of sulfonamides is 1. The highest BCUT2D eigenvalue weighted by molar-refractivity contribution is 7.92. The largest absolute Gasteiger partial charge is 0.495 e. The van der Waals surface area contributed by atoms with Crippen LogP contribution < -0.4 is 9.46 Å². The van der Waals surface area contributed by atoms with Crippen molar-refractivity contribution in [2.24, 2.45) is 0 Å². The molecule has 6 nitrogen and oxygen atoms in total. The molecule has 0 bridgehead atoms. The maximum atomic E-state index is 12.3. The lowest BCUT2D eigenvalue weighted by molar-refractivity contribution is 0.403. The molecule has 1 aromatic heterocycles. The van der Waals surface area contributed by atoms with E-state index in [0.29, 0.717) is 5.02 Å². The van der Waals surface area contributed by atoms with Crippen LogP contribution >= 0.6 is 23.2 Å². The SMILES string of the molecule is COc1cc(Cl)ccc1S(=O)(=O)Nc1cc(Cl)ncn1. The molecule has 20 heavy (non-hydrogen) atoms. The van der Waals surface area contributed by atoms with Crippen LogP contribution in [-0.4, -0.2) is 25.5 Å². The van der Waals surface area contributed by atoms with Gasteiger partial charge in [-0.25, -0.2) is 18.4 Å². The lowest BCUT2D eigenvalue weighted by Gasteiger charge is -2.11. The molecule has 0 radical (unpaired) electrons. The smallest absolute Gasteiger partial charge is 0.266 e. The van der Waals surface area contributed by atoms with Gasteiger partial charge in [-0.3, -0.25) is 4.72 Å². The van der Waals surface area contributed by atoms with Crippen LogP contribution in [0.3, 0.4) is 0 Å². The zero-order chi connectivity index (χ0) is 14.8. The number of nitrogens with zero attached hydrogens (tertiary/aromatic N) is 2. The van der Waals surface area contributed by atoms with Crippen molar-refractivity contribution >= 4 is 39.0 Å². The van der Waals surface area contributed by atoms with E-state index >= 15 is 0 Å². The zero-order valence-corrected chi connectivity index (χ0v) is 12.5. The van der Waals surface area contributed by atoms with Crippen LogP contribution in [0, 0.1) is 0 Å². The van der Waals surface area contributed by atoms with Gasteiger partial charge in [0.15, 0.2) is 0 Å². The summed E-state index contributed by atoms with van der Waals surface area (Å²) in [4.78, 5) is 7.38. The van der Waals surface area contributed by atoms with Gasteiger partial charge in [0.25, 0.3) is 10.0 Å². The maximum absolute atomic E-state index is 12.3. The molecule has 2 rings (SSSR count). The quantitative estimate of drug-likeness (QED) is 0.869. The monoisotopic (exact) mass is 333 g/mol. The number of nitrogens with one attached hydrogen (secondary N) is 1. The first-order valence-electron chi connectivity index (χ1n) is 5.26. The Labute approximate surface area is 125 Å². The predicted molar refractivity (Wildman–Crippen MR) is 75.9 cm³/mol. The van der Waals surface area contributed by atoms with E-state index in [1.165, 1.54) is 31.4 Å². The molecule has 0 amide bonds. The fraction of sp³-hybridized carbons (Fsp3) is 0.0909. The van der Waals surface area contributed by atoms with Gasteiger partial charge in [0.2, 0.25) is 0 Å². The third kappa shape index (κ3) is 3.30. The van der Waals surface area contributed by atoms with Crippen molar-refractivity contribution in [3.63, 3.8) is 0 Å². The average Bonchev–Trinajstić information content (AvgIpc) is 2.37. The van der Waals surface area contributed by atoms with Gasteiger partial charge >= 0.3 is 0 Å². The summed E-state index contributed by atoms with van der Waals surface area (Å²) < 4.78 is 31.8. The number of halogens is 2. The van der Waals surface area contributed by atoms with Crippen molar-refractivity contribution in [2.45, 2.75) is 4.90 Å². The van der Waals surface area contributed by atoms with Crippen LogP contribution in [0.25, 0.3) is 0 Å². The van der Waals surface area contributed by atoms with Crippen molar-refractivity contribution in [1.29, 1.82) is 0 Å². The second-order valence-electron chi connectivity index (χ2n) is 3.63. The molecule has 106 valence electrons. The van der Waals surface area contributed by atoms with E-state index in [0.717, 1.165) is 6.33 Å². The molecule has 9 heteroatoms. The van der Waals surface area contributed by atoms with Gasteiger partial charge in [-0.15, -0.1) is 0 Å². The number of rotatable bonds is 4. The molecule has 0 aliphatic rings. The van der Waals surface area contributed by atoms with Crippen LogP contribution in [0.2, 0.25) is 10.2 Å². The van der Waals surface area contributed by atoms with Crippen molar-refractivity contribution in [3.8, 4) is 5.75 Å². The number of hydrogen-bond acceptors (Lipinski definition) is 5. The predicted octanol–water partition coefficient (Wildman–Crippen LogP) is 2.59. The fourth-order valence-electron chi connectivity index (χ4n) is 1.45. The van der Waals surface area contributed by atoms with Gasteiger partial charge in [0.1, 0.15) is 27.9 Å². The summed E-state index contributed by atoms with van der Waals surface area (Å²) in [6.07, 6.45) is 1.15. The molecular formula is C11H9Cl2N3O3S. The fourth-order valence-corrected chi connectivity index (χ4v) is 2.91. The van der Waals surface area contributed by atoms with Gasteiger partial charge < -0.3 is 4.74 Å². The normalized spacial score (nSPS) is 11.2. The van der Waals surface area contributed by atoms with E-state index in [1.807, 2.05) is 0 Å². The van der Waals surface area contributed by atoms with Gasteiger partial charge in [-0.1, -0.05) is 23.2 Å². The van der Waals surface area contributed by atoms with Gasteiger partial charge in [0.05, 0.1) is 7.11 Å². The first kappa shape index (κ1) is 14.8. The summed E-state index contributed by atoms with van der Waals surface area (Å²) >= 11 is 11.5. The minimum absolute atomic E-state index is 0.0564. The molecule has 0 fully saturated rings. The third-order valence-electron chi connectivity index (χ3n) is 2.29. The summed E-state index contributed by atoms with van der Waals surface area (Å²) in [5.41, 5.74) is 0. The Kier molecular flexibility index (Phi) is 4.32. The van der Waals surface area contributed by atoms with E-state index in [4.69, 9.17) is 27.9 Å². The van der Waals surface area contributed by atoms with Crippen molar-refractivity contribution in [3.05, 3.63) is 40.8 Å². The lowest BCUT2D eigenvalue weighted by atomic mass is 10.3. The number of hydrogen-bond donors (Lipinski definition) is 1. The number of methoxy groups -OCH3 is 1. The molecule has 1 heterocycles. The number of aromatic nitrogens is 2. The number of anilines is 1. The Morgan fingerprint density at radius 2 is 1.95 bits per heavy atom. The second kappa shape index (κ2) is 5.82.